The summed E-state index contributed by atoms with van der Waals surface area (Å²) in [6, 6.07) is 6.76. The zero-order valence-corrected chi connectivity index (χ0v) is 14.6. The lowest BCUT2D eigenvalue weighted by molar-refractivity contribution is 0.00578. The van der Waals surface area contributed by atoms with Gasteiger partial charge in [-0.05, 0) is 51.7 Å². The molecule has 1 aromatic carbocycles. The molecule has 0 bridgehead atoms. The largest absolute Gasteiger partial charge is 0.494 e. The van der Waals surface area contributed by atoms with E-state index in [0.29, 0.717) is 12.2 Å². The molecule has 2 rings (SSSR count). The second kappa shape index (κ2) is 5.87. The van der Waals surface area contributed by atoms with E-state index >= 15 is 0 Å². The first-order valence-corrected chi connectivity index (χ1v) is 9.02. The van der Waals surface area contributed by atoms with Crippen LogP contribution in [0.3, 0.4) is 0 Å². The molecule has 7 heteroatoms. The number of benzene rings is 1. The molecule has 1 aliphatic rings. The third-order valence-corrected chi connectivity index (χ3v) is 5.44. The first-order valence-electron chi connectivity index (χ1n) is 7.44. The van der Waals surface area contributed by atoms with Crippen molar-refractivity contribution in [1.29, 1.82) is 0 Å². The van der Waals surface area contributed by atoms with Crippen molar-refractivity contribution in [2.45, 2.75) is 52.2 Å². The maximum Gasteiger partial charge on any atom is 0.494 e. The SMILES string of the molecule is CCCS(=O)(=O)Oc1ccc(B2OC(C)(C)C(C)(C)O2)cc1. The molecule has 0 atom stereocenters. The highest BCUT2D eigenvalue weighted by Gasteiger charge is 2.51. The molecule has 0 aliphatic carbocycles. The van der Waals surface area contributed by atoms with Crippen LogP contribution in [-0.4, -0.2) is 32.5 Å². The quantitative estimate of drug-likeness (QED) is 0.613. The van der Waals surface area contributed by atoms with Crippen LogP contribution in [0.4, 0.5) is 0 Å². The van der Waals surface area contributed by atoms with Gasteiger partial charge >= 0.3 is 17.2 Å². The van der Waals surface area contributed by atoms with E-state index < -0.39 is 28.4 Å². The molecule has 0 unspecified atom stereocenters. The van der Waals surface area contributed by atoms with E-state index in [1.54, 1.807) is 31.2 Å². The number of hydrogen-bond donors (Lipinski definition) is 0. The minimum atomic E-state index is -3.52. The van der Waals surface area contributed by atoms with Crippen molar-refractivity contribution in [2.24, 2.45) is 0 Å². The Morgan fingerprint density at radius 1 is 1.05 bits per heavy atom. The van der Waals surface area contributed by atoms with Gasteiger partial charge in [-0.3, -0.25) is 0 Å². The van der Waals surface area contributed by atoms with Crippen LogP contribution in [0.15, 0.2) is 24.3 Å². The highest BCUT2D eigenvalue weighted by Crippen LogP contribution is 2.36. The summed E-state index contributed by atoms with van der Waals surface area (Å²) in [6.07, 6.45) is 0.522. The van der Waals surface area contributed by atoms with Crippen LogP contribution in [0.5, 0.6) is 5.75 Å². The van der Waals surface area contributed by atoms with Crippen LogP contribution in [0.2, 0.25) is 0 Å². The van der Waals surface area contributed by atoms with Crippen molar-refractivity contribution in [3.05, 3.63) is 24.3 Å². The third-order valence-electron chi connectivity index (χ3n) is 4.08. The average Bonchev–Trinajstić information content (AvgIpc) is 2.58. The monoisotopic (exact) mass is 326 g/mol. The Hall–Kier alpha value is -1.05. The van der Waals surface area contributed by atoms with E-state index in [-0.39, 0.29) is 5.75 Å². The predicted octanol–water partition coefficient (Wildman–Crippen LogP) is 2.10. The third kappa shape index (κ3) is 3.64. The zero-order chi connectivity index (χ0) is 16.6. The van der Waals surface area contributed by atoms with Gasteiger partial charge in [-0.1, -0.05) is 19.1 Å². The van der Waals surface area contributed by atoms with Crippen LogP contribution >= 0.6 is 0 Å². The molecule has 1 fully saturated rings. The molecule has 0 spiro atoms. The van der Waals surface area contributed by atoms with Crippen LogP contribution in [0, 0.1) is 0 Å². The Bertz CT molecular complexity index is 606. The number of rotatable bonds is 5. The first-order chi connectivity index (χ1) is 10.1. The minimum absolute atomic E-state index is 0.00593. The van der Waals surface area contributed by atoms with Crippen molar-refractivity contribution < 1.29 is 21.9 Å². The van der Waals surface area contributed by atoms with Gasteiger partial charge in [0.05, 0.1) is 17.0 Å². The molecule has 1 aliphatic heterocycles. The molecule has 22 heavy (non-hydrogen) atoms. The predicted molar refractivity (Wildman–Crippen MR) is 86.9 cm³/mol. The summed E-state index contributed by atoms with van der Waals surface area (Å²) in [4.78, 5) is 0. The van der Waals surface area contributed by atoms with E-state index in [2.05, 4.69) is 0 Å². The van der Waals surface area contributed by atoms with Crippen LogP contribution < -0.4 is 9.65 Å². The first kappa shape index (κ1) is 17.3. The molecular formula is C15H23BO5S. The van der Waals surface area contributed by atoms with E-state index in [1.165, 1.54) is 0 Å². The Kier molecular flexibility index (Phi) is 4.62. The normalized spacial score (nSPS) is 20.1. The van der Waals surface area contributed by atoms with Gasteiger partial charge in [0.25, 0.3) is 0 Å². The van der Waals surface area contributed by atoms with Gasteiger partial charge in [-0.2, -0.15) is 8.42 Å². The van der Waals surface area contributed by atoms with Gasteiger partial charge in [0, 0.05) is 0 Å². The van der Waals surface area contributed by atoms with E-state index in [9.17, 15) is 8.42 Å². The van der Waals surface area contributed by atoms with E-state index in [4.69, 9.17) is 13.5 Å². The molecule has 0 N–H and O–H groups in total. The highest BCUT2D eigenvalue weighted by molar-refractivity contribution is 7.87. The molecule has 1 aromatic rings. The smallest absolute Gasteiger partial charge is 0.399 e. The van der Waals surface area contributed by atoms with Crippen molar-refractivity contribution in [3.8, 4) is 5.75 Å². The summed E-state index contributed by atoms with van der Waals surface area (Å²) < 4.78 is 40.2. The fourth-order valence-corrected chi connectivity index (χ4v) is 3.09. The second-order valence-corrected chi connectivity index (χ2v) is 8.19. The van der Waals surface area contributed by atoms with Gasteiger partial charge in [0.2, 0.25) is 0 Å². The summed E-state index contributed by atoms with van der Waals surface area (Å²) in [5.41, 5.74) is 0.0214. The summed E-state index contributed by atoms with van der Waals surface area (Å²) in [7, 11) is -3.98. The summed E-state index contributed by atoms with van der Waals surface area (Å²) in [6.45, 7) is 9.75. The fourth-order valence-electron chi connectivity index (χ4n) is 2.10. The van der Waals surface area contributed by atoms with Crippen LogP contribution in [-0.2, 0) is 19.4 Å². The standard InChI is InChI=1S/C15H23BO5S/c1-6-11-22(17,18)19-13-9-7-12(8-10-13)16-20-14(2,3)15(4,5)21-16/h7-10H,6,11H2,1-5H3. The molecule has 1 saturated heterocycles. The van der Waals surface area contributed by atoms with Gasteiger partial charge in [0.15, 0.2) is 0 Å². The Balaban J connectivity index is 2.11. The van der Waals surface area contributed by atoms with Crippen molar-refractivity contribution in [2.75, 3.05) is 5.75 Å². The maximum atomic E-state index is 11.6. The van der Waals surface area contributed by atoms with Crippen molar-refractivity contribution in [1.82, 2.24) is 0 Å². The van der Waals surface area contributed by atoms with Gasteiger partial charge in [-0.15, -0.1) is 0 Å². The average molecular weight is 326 g/mol. The lowest BCUT2D eigenvalue weighted by Gasteiger charge is -2.32. The maximum absolute atomic E-state index is 11.6. The van der Waals surface area contributed by atoms with Crippen LogP contribution in [0.25, 0.3) is 0 Å². The lowest BCUT2D eigenvalue weighted by Crippen LogP contribution is -2.41. The van der Waals surface area contributed by atoms with Gasteiger partial charge in [-0.25, -0.2) is 0 Å². The van der Waals surface area contributed by atoms with Crippen molar-refractivity contribution in [3.63, 3.8) is 0 Å². The summed E-state index contributed by atoms with van der Waals surface area (Å²) in [5, 5.41) is 0. The highest BCUT2D eigenvalue weighted by atomic mass is 32.2. The second-order valence-electron chi connectivity index (χ2n) is 6.50. The topological polar surface area (TPSA) is 61.8 Å². The van der Waals surface area contributed by atoms with E-state index in [0.717, 1.165) is 5.46 Å². The van der Waals surface area contributed by atoms with Crippen molar-refractivity contribution >= 4 is 22.7 Å². The number of hydrogen-bond acceptors (Lipinski definition) is 5. The van der Waals surface area contributed by atoms with Gasteiger partial charge < -0.3 is 13.5 Å². The lowest BCUT2D eigenvalue weighted by atomic mass is 9.79. The molecule has 1 heterocycles. The molecule has 0 amide bonds. The van der Waals surface area contributed by atoms with Crippen LogP contribution in [0.1, 0.15) is 41.0 Å². The minimum Gasteiger partial charge on any atom is -0.399 e. The molecule has 0 saturated carbocycles. The fraction of sp³-hybridized carbons (Fsp3) is 0.600. The molecule has 122 valence electrons. The van der Waals surface area contributed by atoms with E-state index in [1.807, 2.05) is 27.7 Å². The molecule has 0 radical (unpaired) electrons. The zero-order valence-electron chi connectivity index (χ0n) is 13.8. The summed E-state index contributed by atoms with van der Waals surface area (Å²) >= 11 is 0. The molecular weight excluding hydrogens is 303 g/mol. The Morgan fingerprint density at radius 3 is 2.00 bits per heavy atom. The van der Waals surface area contributed by atoms with Gasteiger partial charge in [0.1, 0.15) is 5.75 Å². The summed E-state index contributed by atoms with van der Waals surface area (Å²) in [5.74, 6) is 0.306. The Morgan fingerprint density at radius 2 is 1.55 bits per heavy atom. The Labute approximate surface area is 133 Å². The molecule has 0 aromatic heterocycles. The molecule has 5 nitrogen and oxygen atoms in total.